The summed E-state index contributed by atoms with van der Waals surface area (Å²) in [6.45, 7) is 0. The summed E-state index contributed by atoms with van der Waals surface area (Å²) in [7, 11) is 1.58. The molecule has 140 valence electrons. The maximum atomic E-state index is 12.2. The number of H-pyrrole nitrogens is 1. The first kappa shape index (κ1) is 18.4. The Morgan fingerprint density at radius 3 is 2.43 bits per heavy atom. The highest BCUT2D eigenvalue weighted by molar-refractivity contribution is 9.11. The van der Waals surface area contributed by atoms with Gasteiger partial charge in [-0.2, -0.15) is 5.10 Å². The molecular weight excluding hydrogens is 440 g/mol. The lowest BCUT2D eigenvalue weighted by atomic mass is 10.0. The molecule has 0 fully saturated rings. The van der Waals surface area contributed by atoms with Crippen molar-refractivity contribution in [2.75, 3.05) is 12.4 Å². The Morgan fingerprint density at radius 1 is 1.00 bits per heavy atom. The molecule has 0 aliphatic carbocycles. The van der Waals surface area contributed by atoms with E-state index >= 15 is 0 Å². The fourth-order valence-corrected chi connectivity index (χ4v) is 4.15. The molecule has 8 heteroatoms. The summed E-state index contributed by atoms with van der Waals surface area (Å²) in [5.74, 6) is -0.360. The number of aromatic nitrogens is 2. The number of anilines is 1. The number of aromatic amines is 1. The van der Waals surface area contributed by atoms with Crippen LogP contribution in [-0.2, 0) is 0 Å². The Kier molecular flexibility index (Phi) is 4.97. The van der Waals surface area contributed by atoms with Gasteiger partial charge in [-0.1, -0.05) is 18.2 Å². The number of amides is 2. The second-order valence-corrected chi connectivity index (χ2v) is 8.51. The van der Waals surface area contributed by atoms with E-state index in [0.717, 1.165) is 31.5 Å². The molecule has 28 heavy (non-hydrogen) atoms. The van der Waals surface area contributed by atoms with Crippen LogP contribution < -0.4 is 10.6 Å². The van der Waals surface area contributed by atoms with E-state index in [4.69, 9.17) is 0 Å². The molecule has 2 aromatic carbocycles. The average Bonchev–Trinajstić information content (AvgIpc) is 3.33. The molecule has 0 unspecified atom stereocenters. The zero-order valence-electron chi connectivity index (χ0n) is 14.7. The van der Waals surface area contributed by atoms with Crippen molar-refractivity contribution in [1.29, 1.82) is 0 Å². The van der Waals surface area contributed by atoms with Gasteiger partial charge in [0.05, 0.1) is 14.2 Å². The fourth-order valence-electron chi connectivity index (χ4n) is 2.87. The number of thiophene rings is 1. The summed E-state index contributed by atoms with van der Waals surface area (Å²) in [6, 6.07) is 17.0. The van der Waals surface area contributed by atoms with E-state index in [0.29, 0.717) is 10.6 Å². The van der Waals surface area contributed by atoms with Gasteiger partial charge in [-0.25, -0.2) is 0 Å². The maximum Gasteiger partial charge on any atom is 0.272 e. The van der Waals surface area contributed by atoms with Crippen LogP contribution in [0.5, 0.6) is 0 Å². The van der Waals surface area contributed by atoms with Crippen molar-refractivity contribution >= 4 is 55.7 Å². The smallest absolute Gasteiger partial charge is 0.272 e. The van der Waals surface area contributed by atoms with Crippen LogP contribution in [0.4, 0.5) is 5.69 Å². The lowest BCUT2D eigenvalue weighted by molar-refractivity contribution is 0.0958. The van der Waals surface area contributed by atoms with Crippen LogP contribution in [0, 0.1) is 0 Å². The molecule has 4 aromatic rings. The highest BCUT2D eigenvalue weighted by Gasteiger charge is 2.13. The number of nitrogens with zero attached hydrogens (tertiary/aromatic N) is 1. The second-order valence-electron chi connectivity index (χ2n) is 6.05. The lowest BCUT2D eigenvalue weighted by Gasteiger charge is -2.06. The quantitative estimate of drug-likeness (QED) is 0.418. The van der Waals surface area contributed by atoms with Gasteiger partial charge in [0.1, 0.15) is 0 Å². The number of halogens is 1. The van der Waals surface area contributed by atoms with Crippen molar-refractivity contribution in [2.24, 2.45) is 0 Å². The van der Waals surface area contributed by atoms with Crippen molar-refractivity contribution in [3.05, 3.63) is 69.0 Å². The molecule has 6 nitrogen and oxygen atoms in total. The third kappa shape index (κ3) is 3.56. The van der Waals surface area contributed by atoms with Gasteiger partial charge in [0.15, 0.2) is 5.69 Å². The molecule has 0 aliphatic heterocycles. The third-order valence-corrected chi connectivity index (χ3v) is 5.90. The predicted molar refractivity (Wildman–Crippen MR) is 115 cm³/mol. The zero-order valence-corrected chi connectivity index (χ0v) is 17.1. The van der Waals surface area contributed by atoms with Crippen molar-refractivity contribution in [1.82, 2.24) is 15.5 Å². The number of nitrogens with one attached hydrogen (secondary N) is 3. The van der Waals surface area contributed by atoms with E-state index in [2.05, 4.69) is 36.8 Å². The monoisotopic (exact) mass is 454 g/mol. The molecule has 3 N–H and O–H groups in total. The molecule has 0 atom stereocenters. The van der Waals surface area contributed by atoms with Crippen molar-refractivity contribution in [3.63, 3.8) is 0 Å². The van der Waals surface area contributed by atoms with Crippen LogP contribution in [0.3, 0.4) is 0 Å². The van der Waals surface area contributed by atoms with Crippen LogP contribution in [0.15, 0.2) is 58.4 Å². The minimum absolute atomic E-state index is 0.135. The Hall–Kier alpha value is -2.97. The molecule has 4 rings (SSSR count). The molecule has 0 aliphatic rings. The van der Waals surface area contributed by atoms with Crippen molar-refractivity contribution in [3.8, 4) is 11.1 Å². The molecule has 0 saturated heterocycles. The third-order valence-electron chi connectivity index (χ3n) is 4.28. The standard InChI is InChI=1S/C20H15BrN4O2S/c1-22-20(27)18-14-7-4-12(10-15(14)24-25-18)11-2-5-13(6-3-11)23-19(26)16-8-9-17(21)28-16/h2-10H,1H3,(H,22,27)(H,23,26)(H,24,25). The largest absolute Gasteiger partial charge is 0.354 e. The van der Waals surface area contributed by atoms with E-state index in [-0.39, 0.29) is 11.8 Å². The number of carbonyl (C=O) groups excluding carboxylic acids is 2. The van der Waals surface area contributed by atoms with Crippen molar-refractivity contribution < 1.29 is 9.59 Å². The first-order chi connectivity index (χ1) is 13.5. The predicted octanol–water partition coefficient (Wildman–Crippen LogP) is 4.67. The normalized spacial score (nSPS) is 10.8. The summed E-state index contributed by atoms with van der Waals surface area (Å²) in [4.78, 5) is 24.7. The first-order valence-corrected chi connectivity index (χ1v) is 10.0. The number of hydrogen-bond acceptors (Lipinski definition) is 4. The Labute approximate surface area is 173 Å². The molecular formula is C20H15BrN4O2S. The first-order valence-electron chi connectivity index (χ1n) is 8.42. The Bertz CT molecular complexity index is 1180. The zero-order chi connectivity index (χ0) is 19.7. The number of fused-ring (bicyclic) bond motifs is 1. The van der Waals surface area contributed by atoms with Gasteiger partial charge >= 0.3 is 0 Å². The molecule has 2 amide bonds. The summed E-state index contributed by atoms with van der Waals surface area (Å²) in [5, 5.41) is 13.2. The van der Waals surface area contributed by atoms with Gasteiger partial charge in [0, 0.05) is 18.1 Å². The van der Waals surface area contributed by atoms with Gasteiger partial charge in [-0.05, 0) is 63.5 Å². The summed E-state index contributed by atoms with van der Waals surface area (Å²) in [6.07, 6.45) is 0. The molecule has 0 bridgehead atoms. The highest BCUT2D eigenvalue weighted by atomic mass is 79.9. The minimum atomic E-state index is -0.225. The fraction of sp³-hybridized carbons (Fsp3) is 0.0500. The van der Waals surface area contributed by atoms with E-state index in [1.807, 2.05) is 48.5 Å². The average molecular weight is 455 g/mol. The molecule has 0 radical (unpaired) electrons. The minimum Gasteiger partial charge on any atom is -0.354 e. The Morgan fingerprint density at radius 2 is 1.75 bits per heavy atom. The van der Waals surface area contributed by atoms with Gasteiger partial charge in [0.25, 0.3) is 11.8 Å². The summed E-state index contributed by atoms with van der Waals surface area (Å²) < 4.78 is 0.918. The van der Waals surface area contributed by atoms with E-state index in [1.165, 1.54) is 11.3 Å². The van der Waals surface area contributed by atoms with Gasteiger partial charge in [-0.3, -0.25) is 14.7 Å². The van der Waals surface area contributed by atoms with Gasteiger partial charge in [-0.15, -0.1) is 11.3 Å². The lowest BCUT2D eigenvalue weighted by Crippen LogP contribution is -2.18. The van der Waals surface area contributed by atoms with E-state index in [9.17, 15) is 9.59 Å². The Balaban J connectivity index is 1.55. The van der Waals surface area contributed by atoms with Crippen molar-refractivity contribution in [2.45, 2.75) is 0 Å². The van der Waals surface area contributed by atoms with Crippen LogP contribution >= 0.6 is 27.3 Å². The van der Waals surface area contributed by atoms with Gasteiger partial charge < -0.3 is 10.6 Å². The number of rotatable bonds is 4. The summed E-state index contributed by atoms with van der Waals surface area (Å²) >= 11 is 4.75. The number of hydrogen-bond donors (Lipinski definition) is 3. The molecule has 0 spiro atoms. The maximum absolute atomic E-state index is 12.2. The van der Waals surface area contributed by atoms with E-state index < -0.39 is 0 Å². The molecule has 0 saturated carbocycles. The van der Waals surface area contributed by atoms with Crippen LogP contribution in [0.1, 0.15) is 20.2 Å². The van der Waals surface area contributed by atoms with Crippen LogP contribution in [0.2, 0.25) is 0 Å². The topological polar surface area (TPSA) is 86.9 Å². The van der Waals surface area contributed by atoms with Crippen LogP contribution in [0.25, 0.3) is 22.0 Å². The number of benzene rings is 2. The van der Waals surface area contributed by atoms with E-state index in [1.54, 1.807) is 13.1 Å². The molecule has 2 aromatic heterocycles. The SMILES string of the molecule is CNC(=O)c1n[nH]c2cc(-c3ccc(NC(=O)c4ccc(Br)s4)cc3)ccc12. The van der Waals surface area contributed by atoms with Crippen LogP contribution in [-0.4, -0.2) is 29.1 Å². The van der Waals surface area contributed by atoms with Gasteiger partial charge in [0.2, 0.25) is 0 Å². The second kappa shape index (κ2) is 7.57. The summed E-state index contributed by atoms with van der Waals surface area (Å²) in [5.41, 5.74) is 3.87. The number of carbonyl (C=O) groups is 2. The molecule has 2 heterocycles. The highest BCUT2D eigenvalue weighted by Crippen LogP contribution is 2.27.